The fraction of sp³-hybridized carbons (Fsp3) is 0.278. The highest BCUT2D eigenvalue weighted by molar-refractivity contribution is 7.89. The second-order valence-corrected chi connectivity index (χ2v) is 7.93. The van der Waals surface area contributed by atoms with E-state index in [1.54, 1.807) is 12.1 Å². The molecule has 2 N–H and O–H groups in total. The minimum absolute atomic E-state index is 0.116. The van der Waals surface area contributed by atoms with E-state index in [-0.39, 0.29) is 16.6 Å². The number of hydrogen-bond acceptors (Lipinski definition) is 4. The summed E-state index contributed by atoms with van der Waals surface area (Å²) in [7, 11) is -3.49. The van der Waals surface area contributed by atoms with Gasteiger partial charge in [0.05, 0.1) is 4.90 Å². The van der Waals surface area contributed by atoms with Crippen LogP contribution in [0.25, 0.3) is 0 Å². The maximum absolute atomic E-state index is 12.6. The summed E-state index contributed by atoms with van der Waals surface area (Å²) in [6.07, 6.45) is 2.82. The number of anilines is 1. The van der Waals surface area contributed by atoms with Gasteiger partial charge in [0.15, 0.2) is 0 Å². The number of nitrogens with one attached hydrogen (secondary N) is 1. The highest BCUT2D eigenvalue weighted by Crippen LogP contribution is 2.21. The first-order chi connectivity index (χ1) is 12.0. The van der Waals surface area contributed by atoms with E-state index in [2.05, 4.69) is 5.32 Å². The molecule has 0 unspecified atom stereocenters. The van der Waals surface area contributed by atoms with Gasteiger partial charge in [-0.1, -0.05) is 6.42 Å². The van der Waals surface area contributed by atoms with Crippen molar-refractivity contribution in [1.82, 2.24) is 4.31 Å². The normalized spacial score (nSPS) is 15.7. The van der Waals surface area contributed by atoms with Crippen molar-refractivity contribution in [3.8, 4) is 5.75 Å². The first kappa shape index (κ1) is 17.4. The van der Waals surface area contributed by atoms with Crippen molar-refractivity contribution in [3.05, 3.63) is 54.1 Å². The Bertz CT molecular complexity index is 840. The second-order valence-electron chi connectivity index (χ2n) is 5.99. The number of amides is 1. The monoisotopic (exact) mass is 360 g/mol. The van der Waals surface area contributed by atoms with E-state index < -0.39 is 10.0 Å². The van der Waals surface area contributed by atoms with Crippen LogP contribution in [-0.4, -0.2) is 36.8 Å². The number of phenolic OH excluding ortho intramolecular Hbond substituents is 1. The molecular weight excluding hydrogens is 340 g/mol. The molecule has 1 aliphatic rings. The highest BCUT2D eigenvalue weighted by Gasteiger charge is 2.25. The van der Waals surface area contributed by atoms with Crippen molar-refractivity contribution in [2.75, 3.05) is 18.4 Å². The third-order valence-electron chi connectivity index (χ3n) is 4.19. The SMILES string of the molecule is O=C(Nc1ccc(O)cc1)c1ccc(S(=O)(=O)N2CCCCC2)cc1. The van der Waals surface area contributed by atoms with Gasteiger partial charge in [-0.3, -0.25) is 4.79 Å². The molecule has 7 heteroatoms. The van der Waals surface area contributed by atoms with Crippen molar-refractivity contribution >= 4 is 21.6 Å². The van der Waals surface area contributed by atoms with Crippen LogP contribution in [0, 0.1) is 0 Å². The third kappa shape index (κ3) is 4.00. The van der Waals surface area contributed by atoms with Gasteiger partial charge >= 0.3 is 0 Å². The lowest BCUT2D eigenvalue weighted by molar-refractivity contribution is 0.102. The molecule has 2 aromatic carbocycles. The van der Waals surface area contributed by atoms with Gasteiger partial charge in [0.2, 0.25) is 10.0 Å². The first-order valence-electron chi connectivity index (χ1n) is 8.17. The summed E-state index contributed by atoms with van der Waals surface area (Å²) >= 11 is 0. The molecule has 25 heavy (non-hydrogen) atoms. The molecule has 1 saturated heterocycles. The highest BCUT2D eigenvalue weighted by atomic mass is 32.2. The van der Waals surface area contributed by atoms with Crippen LogP contribution in [0.4, 0.5) is 5.69 Å². The molecule has 132 valence electrons. The van der Waals surface area contributed by atoms with Gasteiger partial charge in [0.1, 0.15) is 5.75 Å². The van der Waals surface area contributed by atoms with E-state index in [0.29, 0.717) is 24.3 Å². The number of carbonyl (C=O) groups is 1. The van der Waals surface area contributed by atoms with Crippen LogP contribution in [-0.2, 0) is 10.0 Å². The maximum Gasteiger partial charge on any atom is 0.255 e. The Morgan fingerprint density at radius 2 is 1.52 bits per heavy atom. The number of aromatic hydroxyl groups is 1. The van der Waals surface area contributed by atoms with Gasteiger partial charge in [-0.15, -0.1) is 0 Å². The molecule has 0 atom stereocenters. The summed E-state index contributed by atoms with van der Waals surface area (Å²) in [6.45, 7) is 1.09. The number of hydrogen-bond donors (Lipinski definition) is 2. The smallest absolute Gasteiger partial charge is 0.255 e. The molecule has 1 heterocycles. The van der Waals surface area contributed by atoms with Crippen LogP contribution < -0.4 is 5.32 Å². The Labute approximate surface area is 147 Å². The Morgan fingerprint density at radius 1 is 0.920 bits per heavy atom. The van der Waals surface area contributed by atoms with Crippen LogP contribution >= 0.6 is 0 Å². The van der Waals surface area contributed by atoms with Gasteiger partial charge in [0.25, 0.3) is 5.91 Å². The average molecular weight is 360 g/mol. The molecule has 0 saturated carbocycles. The van der Waals surface area contributed by atoms with E-state index in [9.17, 15) is 18.3 Å². The Kier molecular flexibility index (Phi) is 5.06. The van der Waals surface area contributed by atoms with Crippen molar-refractivity contribution < 1.29 is 18.3 Å². The quantitative estimate of drug-likeness (QED) is 0.821. The fourth-order valence-corrected chi connectivity index (χ4v) is 4.30. The van der Waals surface area contributed by atoms with Gasteiger partial charge in [-0.05, 0) is 61.4 Å². The maximum atomic E-state index is 12.6. The summed E-state index contributed by atoms with van der Waals surface area (Å²) in [5.74, 6) is -0.224. The second kappa shape index (κ2) is 7.25. The fourth-order valence-electron chi connectivity index (χ4n) is 2.78. The zero-order valence-corrected chi connectivity index (χ0v) is 14.5. The van der Waals surface area contributed by atoms with Crippen molar-refractivity contribution in [1.29, 1.82) is 0 Å². The number of sulfonamides is 1. The third-order valence-corrected chi connectivity index (χ3v) is 6.11. The lowest BCUT2D eigenvalue weighted by Crippen LogP contribution is -2.35. The summed E-state index contributed by atoms with van der Waals surface area (Å²) in [5, 5.41) is 11.9. The summed E-state index contributed by atoms with van der Waals surface area (Å²) < 4.78 is 26.7. The summed E-state index contributed by atoms with van der Waals surface area (Å²) in [4.78, 5) is 12.4. The number of nitrogens with zero attached hydrogens (tertiary/aromatic N) is 1. The zero-order chi connectivity index (χ0) is 17.9. The number of piperidine rings is 1. The van der Waals surface area contributed by atoms with Crippen molar-refractivity contribution in [2.45, 2.75) is 24.2 Å². The predicted octanol–water partition coefficient (Wildman–Crippen LogP) is 2.82. The van der Waals surface area contributed by atoms with Gasteiger partial charge in [-0.2, -0.15) is 4.31 Å². The molecule has 0 aromatic heterocycles. The van der Waals surface area contributed by atoms with Crippen molar-refractivity contribution in [3.63, 3.8) is 0 Å². The molecule has 0 spiro atoms. The van der Waals surface area contributed by atoms with E-state index >= 15 is 0 Å². The molecule has 1 amide bonds. The number of phenols is 1. The van der Waals surface area contributed by atoms with Gasteiger partial charge < -0.3 is 10.4 Å². The molecule has 6 nitrogen and oxygen atoms in total. The molecule has 3 rings (SSSR count). The minimum atomic E-state index is -3.49. The van der Waals surface area contributed by atoms with E-state index in [4.69, 9.17) is 0 Å². The zero-order valence-electron chi connectivity index (χ0n) is 13.7. The summed E-state index contributed by atoms with van der Waals surface area (Å²) in [6, 6.07) is 12.1. The Hall–Kier alpha value is -2.38. The van der Waals surface area contributed by atoms with Crippen LogP contribution in [0.3, 0.4) is 0 Å². The molecule has 0 bridgehead atoms. The lowest BCUT2D eigenvalue weighted by Gasteiger charge is -2.25. The van der Waals surface area contributed by atoms with Crippen LogP contribution in [0.2, 0.25) is 0 Å². The largest absolute Gasteiger partial charge is 0.508 e. The Morgan fingerprint density at radius 3 is 2.12 bits per heavy atom. The standard InChI is InChI=1S/C18H20N2O4S/c21-16-8-6-15(7-9-16)19-18(22)14-4-10-17(11-5-14)25(23,24)20-12-2-1-3-13-20/h4-11,21H,1-3,12-13H2,(H,19,22). The predicted molar refractivity (Wildman–Crippen MR) is 95.1 cm³/mol. The van der Waals surface area contributed by atoms with E-state index in [1.807, 2.05) is 0 Å². The molecule has 1 fully saturated rings. The Balaban J connectivity index is 1.73. The molecule has 0 aliphatic carbocycles. The van der Waals surface area contributed by atoms with Crippen LogP contribution in [0.5, 0.6) is 5.75 Å². The minimum Gasteiger partial charge on any atom is -0.508 e. The molecular formula is C18H20N2O4S. The summed E-state index contributed by atoms with van der Waals surface area (Å²) in [5.41, 5.74) is 0.915. The molecule has 0 radical (unpaired) electrons. The van der Waals surface area contributed by atoms with Gasteiger partial charge in [-0.25, -0.2) is 8.42 Å². The lowest BCUT2D eigenvalue weighted by atomic mass is 10.2. The number of benzene rings is 2. The van der Waals surface area contributed by atoms with Crippen LogP contribution in [0.15, 0.2) is 53.4 Å². The topological polar surface area (TPSA) is 86.7 Å². The molecule has 2 aromatic rings. The number of rotatable bonds is 4. The van der Waals surface area contributed by atoms with Crippen molar-refractivity contribution in [2.24, 2.45) is 0 Å². The molecule has 1 aliphatic heterocycles. The first-order valence-corrected chi connectivity index (χ1v) is 9.61. The average Bonchev–Trinajstić information content (AvgIpc) is 2.64. The van der Waals surface area contributed by atoms with Crippen LogP contribution in [0.1, 0.15) is 29.6 Å². The van der Waals surface area contributed by atoms with Gasteiger partial charge in [0, 0.05) is 24.3 Å². The number of carbonyl (C=O) groups excluding carboxylic acids is 1. The van der Waals surface area contributed by atoms with E-state index in [1.165, 1.54) is 40.7 Å². The van der Waals surface area contributed by atoms with E-state index in [0.717, 1.165) is 19.3 Å².